The molecule has 1 unspecified atom stereocenters. The summed E-state index contributed by atoms with van der Waals surface area (Å²) in [6, 6.07) is 5.55. The van der Waals surface area contributed by atoms with Crippen LogP contribution in [0.25, 0.3) is 0 Å². The Balaban J connectivity index is 2.71. The van der Waals surface area contributed by atoms with Crippen molar-refractivity contribution in [1.29, 1.82) is 5.26 Å². The van der Waals surface area contributed by atoms with Crippen LogP contribution >= 0.6 is 11.8 Å². The van der Waals surface area contributed by atoms with E-state index in [0.717, 1.165) is 10.7 Å². The van der Waals surface area contributed by atoms with Crippen molar-refractivity contribution in [2.24, 2.45) is 0 Å². The Bertz CT molecular complexity index is 454. The third-order valence-corrected chi connectivity index (χ3v) is 3.08. The standard InChI is InChI=1S/C12H14N2O2S/c1-8-4-10(7-13)6-11(14-8)17-9(2)5-12(15)16-3/h4,6,9H,5H2,1-3H3. The van der Waals surface area contributed by atoms with Crippen LogP contribution in [0.2, 0.25) is 0 Å². The molecule has 0 aliphatic heterocycles. The van der Waals surface area contributed by atoms with Crippen molar-refractivity contribution < 1.29 is 9.53 Å². The molecule has 1 heterocycles. The van der Waals surface area contributed by atoms with Gasteiger partial charge in [-0.25, -0.2) is 4.98 Å². The summed E-state index contributed by atoms with van der Waals surface area (Å²) >= 11 is 1.47. The number of hydrogen-bond donors (Lipinski definition) is 0. The van der Waals surface area contributed by atoms with Gasteiger partial charge in [-0.1, -0.05) is 6.92 Å². The van der Waals surface area contributed by atoms with Crippen LogP contribution in [0.15, 0.2) is 17.2 Å². The Morgan fingerprint density at radius 3 is 2.94 bits per heavy atom. The number of pyridine rings is 1. The first-order valence-corrected chi connectivity index (χ1v) is 6.05. The van der Waals surface area contributed by atoms with Gasteiger partial charge in [0.1, 0.15) is 0 Å². The maximum Gasteiger partial charge on any atom is 0.306 e. The van der Waals surface area contributed by atoms with Gasteiger partial charge in [-0.2, -0.15) is 5.26 Å². The zero-order chi connectivity index (χ0) is 12.8. The van der Waals surface area contributed by atoms with Crippen LogP contribution in [0.1, 0.15) is 24.6 Å². The maximum absolute atomic E-state index is 11.1. The Kier molecular flexibility index (Phi) is 4.98. The van der Waals surface area contributed by atoms with Gasteiger partial charge in [0.2, 0.25) is 0 Å². The van der Waals surface area contributed by atoms with E-state index in [1.165, 1.54) is 18.9 Å². The van der Waals surface area contributed by atoms with E-state index in [-0.39, 0.29) is 11.2 Å². The highest BCUT2D eigenvalue weighted by Gasteiger charge is 2.12. The number of ether oxygens (including phenoxy) is 1. The van der Waals surface area contributed by atoms with Crippen LogP contribution in [0, 0.1) is 18.3 Å². The zero-order valence-electron chi connectivity index (χ0n) is 10.1. The minimum Gasteiger partial charge on any atom is -0.469 e. The molecule has 1 aromatic heterocycles. The van der Waals surface area contributed by atoms with Crippen LogP contribution in [0.3, 0.4) is 0 Å². The molecule has 1 atom stereocenters. The quantitative estimate of drug-likeness (QED) is 0.606. The van der Waals surface area contributed by atoms with E-state index >= 15 is 0 Å². The predicted molar refractivity (Wildman–Crippen MR) is 65.6 cm³/mol. The minimum atomic E-state index is -0.238. The summed E-state index contributed by atoms with van der Waals surface area (Å²) in [6.45, 7) is 3.77. The minimum absolute atomic E-state index is 0.0725. The van der Waals surface area contributed by atoms with E-state index in [4.69, 9.17) is 5.26 Å². The SMILES string of the molecule is COC(=O)CC(C)Sc1cc(C#N)cc(C)n1. The number of hydrogen-bond acceptors (Lipinski definition) is 5. The highest BCUT2D eigenvalue weighted by molar-refractivity contribution is 7.99. The van der Waals surface area contributed by atoms with Crippen molar-refractivity contribution in [2.75, 3.05) is 7.11 Å². The Morgan fingerprint density at radius 2 is 2.35 bits per heavy atom. The van der Waals surface area contributed by atoms with Gasteiger partial charge in [-0.3, -0.25) is 4.79 Å². The number of carbonyl (C=O) groups excluding carboxylic acids is 1. The molecule has 4 nitrogen and oxygen atoms in total. The van der Waals surface area contributed by atoms with Crippen molar-refractivity contribution in [3.63, 3.8) is 0 Å². The van der Waals surface area contributed by atoms with Gasteiger partial charge in [0.25, 0.3) is 0 Å². The number of esters is 1. The van der Waals surface area contributed by atoms with Gasteiger partial charge in [-0.15, -0.1) is 11.8 Å². The second kappa shape index (κ2) is 6.26. The summed E-state index contributed by atoms with van der Waals surface area (Å²) in [6.07, 6.45) is 0.332. The molecule has 0 fully saturated rings. The molecule has 0 aliphatic rings. The van der Waals surface area contributed by atoms with Crippen LogP contribution in [0.4, 0.5) is 0 Å². The first-order valence-electron chi connectivity index (χ1n) is 5.17. The van der Waals surface area contributed by atoms with Gasteiger partial charge in [0.15, 0.2) is 0 Å². The van der Waals surface area contributed by atoms with Crippen molar-refractivity contribution >= 4 is 17.7 Å². The van der Waals surface area contributed by atoms with Gasteiger partial charge in [0.05, 0.1) is 30.2 Å². The van der Waals surface area contributed by atoms with Gasteiger partial charge >= 0.3 is 5.97 Å². The van der Waals surface area contributed by atoms with Crippen molar-refractivity contribution in [3.05, 3.63) is 23.4 Å². The molecule has 5 heteroatoms. The van der Waals surface area contributed by atoms with Crippen LogP contribution in [-0.2, 0) is 9.53 Å². The number of rotatable bonds is 4. The maximum atomic E-state index is 11.1. The van der Waals surface area contributed by atoms with Crippen molar-refractivity contribution in [3.8, 4) is 6.07 Å². The fraction of sp³-hybridized carbons (Fsp3) is 0.417. The second-order valence-electron chi connectivity index (χ2n) is 3.66. The number of methoxy groups -OCH3 is 1. The first-order chi connectivity index (χ1) is 8.05. The molecule has 0 aliphatic carbocycles. The monoisotopic (exact) mass is 250 g/mol. The number of carbonyl (C=O) groups is 1. The molecule has 0 saturated heterocycles. The number of nitriles is 1. The predicted octanol–water partition coefficient (Wildman–Crippen LogP) is 2.31. The van der Waals surface area contributed by atoms with Gasteiger partial charge < -0.3 is 4.74 Å². The fourth-order valence-electron chi connectivity index (χ4n) is 1.33. The fourth-order valence-corrected chi connectivity index (χ4v) is 2.35. The lowest BCUT2D eigenvalue weighted by molar-refractivity contribution is -0.140. The highest BCUT2D eigenvalue weighted by Crippen LogP contribution is 2.24. The van der Waals surface area contributed by atoms with Crippen LogP contribution < -0.4 is 0 Å². The zero-order valence-corrected chi connectivity index (χ0v) is 10.9. The Hall–Kier alpha value is -1.54. The molecule has 0 bridgehead atoms. The smallest absolute Gasteiger partial charge is 0.306 e. The molecule has 0 N–H and O–H groups in total. The molecule has 0 spiro atoms. The summed E-state index contributed by atoms with van der Waals surface area (Å²) in [5.41, 5.74) is 1.39. The summed E-state index contributed by atoms with van der Waals surface area (Å²) in [7, 11) is 1.37. The van der Waals surface area contributed by atoms with E-state index < -0.39 is 0 Å². The Labute approximate surface area is 105 Å². The third-order valence-electron chi connectivity index (χ3n) is 2.06. The molecule has 90 valence electrons. The molecule has 17 heavy (non-hydrogen) atoms. The van der Waals surface area contributed by atoms with Gasteiger partial charge in [0, 0.05) is 10.9 Å². The number of aryl methyl sites for hydroxylation is 1. The molecule has 0 radical (unpaired) electrons. The lowest BCUT2D eigenvalue weighted by atomic mass is 10.2. The van der Waals surface area contributed by atoms with E-state index in [0.29, 0.717) is 12.0 Å². The molecule has 0 aromatic carbocycles. The summed E-state index contributed by atoms with van der Waals surface area (Å²) < 4.78 is 4.60. The largest absolute Gasteiger partial charge is 0.469 e. The molecule has 1 rings (SSSR count). The van der Waals surface area contributed by atoms with Crippen molar-refractivity contribution in [2.45, 2.75) is 30.5 Å². The summed E-state index contributed by atoms with van der Waals surface area (Å²) in [4.78, 5) is 15.4. The third kappa shape index (κ3) is 4.45. The number of aromatic nitrogens is 1. The van der Waals surface area contributed by atoms with E-state index in [9.17, 15) is 4.79 Å². The van der Waals surface area contributed by atoms with Crippen LogP contribution in [-0.4, -0.2) is 23.3 Å². The van der Waals surface area contributed by atoms with Crippen molar-refractivity contribution in [1.82, 2.24) is 4.98 Å². The lowest BCUT2D eigenvalue weighted by Crippen LogP contribution is -2.08. The molecule has 1 aromatic rings. The molecule has 0 amide bonds. The van der Waals surface area contributed by atoms with E-state index in [1.54, 1.807) is 12.1 Å². The van der Waals surface area contributed by atoms with E-state index in [1.807, 2.05) is 13.8 Å². The second-order valence-corrected chi connectivity index (χ2v) is 5.11. The summed E-state index contributed by atoms with van der Waals surface area (Å²) in [5.74, 6) is -0.238. The van der Waals surface area contributed by atoms with Gasteiger partial charge in [-0.05, 0) is 19.1 Å². The van der Waals surface area contributed by atoms with E-state index in [2.05, 4.69) is 15.8 Å². The first kappa shape index (κ1) is 13.5. The number of nitrogens with zero attached hydrogens (tertiary/aromatic N) is 2. The molecule has 0 saturated carbocycles. The molecular weight excluding hydrogens is 236 g/mol. The topological polar surface area (TPSA) is 63.0 Å². The number of thioether (sulfide) groups is 1. The Morgan fingerprint density at radius 1 is 1.65 bits per heavy atom. The lowest BCUT2D eigenvalue weighted by Gasteiger charge is -2.09. The normalized spacial score (nSPS) is 11.6. The average molecular weight is 250 g/mol. The van der Waals surface area contributed by atoms with Crippen LogP contribution in [0.5, 0.6) is 0 Å². The highest BCUT2D eigenvalue weighted by atomic mass is 32.2. The average Bonchev–Trinajstić information content (AvgIpc) is 2.27. The summed E-state index contributed by atoms with van der Waals surface area (Å²) in [5, 5.41) is 9.68. The molecular formula is C12H14N2O2S.